The van der Waals surface area contributed by atoms with Crippen LogP contribution in [0.15, 0.2) is 16.6 Å². The molecule has 0 aliphatic carbocycles. The predicted octanol–water partition coefficient (Wildman–Crippen LogP) is 2.32. The van der Waals surface area contributed by atoms with Gasteiger partial charge in [0.1, 0.15) is 11.6 Å². The smallest absolute Gasteiger partial charge is 0.339 e. The minimum Gasteiger partial charge on any atom is -0.464 e. The van der Waals surface area contributed by atoms with Gasteiger partial charge < -0.3 is 9.84 Å². The molecule has 0 saturated carbocycles. The molecule has 1 rings (SSSR count). The van der Waals surface area contributed by atoms with Crippen molar-refractivity contribution in [2.75, 3.05) is 6.61 Å². The molecular weight excluding hydrogens is 286 g/mol. The Hall–Kier alpha value is -1.01. The molecule has 1 N–H and O–H groups in total. The maximum atomic E-state index is 13.1. The summed E-state index contributed by atoms with van der Waals surface area (Å²) in [7, 11) is 0. The van der Waals surface area contributed by atoms with Crippen LogP contribution in [-0.4, -0.2) is 17.7 Å². The van der Waals surface area contributed by atoms with E-state index in [1.807, 2.05) is 0 Å². The van der Waals surface area contributed by atoms with Gasteiger partial charge in [-0.05, 0) is 28.9 Å². The van der Waals surface area contributed by atoms with Gasteiger partial charge in [-0.15, -0.1) is 0 Å². The normalized spacial score (nSPS) is 12.3. The van der Waals surface area contributed by atoms with E-state index in [1.165, 1.54) is 0 Å². The number of ether oxygens (including phenoxy) is 1. The van der Waals surface area contributed by atoms with E-state index in [1.54, 1.807) is 6.92 Å². The van der Waals surface area contributed by atoms with Gasteiger partial charge in [-0.25, -0.2) is 13.6 Å². The Labute approximate surface area is 99.2 Å². The van der Waals surface area contributed by atoms with Gasteiger partial charge in [-0.1, -0.05) is 0 Å². The summed E-state index contributed by atoms with van der Waals surface area (Å²) in [6.07, 6.45) is -1.71. The van der Waals surface area contributed by atoms with E-state index in [2.05, 4.69) is 20.7 Å². The topological polar surface area (TPSA) is 46.5 Å². The van der Waals surface area contributed by atoms with Crippen LogP contribution in [0.2, 0.25) is 0 Å². The van der Waals surface area contributed by atoms with Crippen LogP contribution >= 0.6 is 15.9 Å². The van der Waals surface area contributed by atoms with E-state index in [0.717, 1.165) is 6.07 Å². The molecule has 6 heteroatoms. The van der Waals surface area contributed by atoms with E-state index < -0.39 is 23.7 Å². The van der Waals surface area contributed by atoms with Crippen molar-refractivity contribution in [3.05, 3.63) is 33.8 Å². The average molecular weight is 295 g/mol. The quantitative estimate of drug-likeness (QED) is 0.687. The standard InChI is InChI=1S/C10H9BrF2O3/c1-2-16-10(15)9(14)6-3-5(12)4-7(13)8(6)11/h3-4,9,14H,2H2,1H3. The largest absolute Gasteiger partial charge is 0.464 e. The maximum absolute atomic E-state index is 13.1. The summed E-state index contributed by atoms with van der Waals surface area (Å²) in [6.45, 7) is 1.64. The van der Waals surface area contributed by atoms with Crippen molar-refractivity contribution in [3.8, 4) is 0 Å². The molecule has 0 spiro atoms. The minimum atomic E-state index is -1.71. The average Bonchev–Trinajstić information content (AvgIpc) is 2.22. The third-order valence-electron chi connectivity index (χ3n) is 1.83. The number of aliphatic hydroxyl groups excluding tert-OH is 1. The molecule has 0 bridgehead atoms. The summed E-state index contributed by atoms with van der Waals surface area (Å²) in [5, 5.41) is 9.51. The number of hydrogen-bond acceptors (Lipinski definition) is 3. The van der Waals surface area contributed by atoms with Gasteiger partial charge in [-0.3, -0.25) is 0 Å². The number of esters is 1. The molecule has 0 amide bonds. The predicted molar refractivity (Wildman–Crippen MR) is 55.7 cm³/mol. The Morgan fingerprint density at radius 2 is 2.19 bits per heavy atom. The van der Waals surface area contributed by atoms with Crippen LogP contribution in [0.1, 0.15) is 18.6 Å². The zero-order valence-corrected chi connectivity index (χ0v) is 9.92. The summed E-state index contributed by atoms with van der Waals surface area (Å²) in [4.78, 5) is 11.2. The first-order valence-electron chi connectivity index (χ1n) is 4.46. The zero-order chi connectivity index (χ0) is 12.3. The van der Waals surface area contributed by atoms with Gasteiger partial charge >= 0.3 is 5.97 Å². The van der Waals surface area contributed by atoms with Crippen molar-refractivity contribution in [2.24, 2.45) is 0 Å². The van der Waals surface area contributed by atoms with Gasteiger partial charge in [0.15, 0.2) is 6.10 Å². The monoisotopic (exact) mass is 294 g/mol. The third kappa shape index (κ3) is 2.76. The van der Waals surface area contributed by atoms with Crippen molar-refractivity contribution < 1.29 is 23.4 Å². The van der Waals surface area contributed by atoms with Crippen molar-refractivity contribution in [3.63, 3.8) is 0 Å². The summed E-state index contributed by atoms with van der Waals surface area (Å²) < 4.78 is 30.4. The Morgan fingerprint density at radius 1 is 1.56 bits per heavy atom. The number of aliphatic hydroxyl groups is 1. The number of carbonyl (C=O) groups is 1. The fourth-order valence-corrected chi connectivity index (χ4v) is 1.57. The molecule has 88 valence electrons. The second-order valence-corrected chi connectivity index (χ2v) is 3.74. The van der Waals surface area contributed by atoms with E-state index in [4.69, 9.17) is 0 Å². The molecule has 1 unspecified atom stereocenters. The fourth-order valence-electron chi connectivity index (χ4n) is 1.12. The molecule has 0 heterocycles. The van der Waals surface area contributed by atoms with Crippen LogP contribution in [0.3, 0.4) is 0 Å². The van der Waals surface area contributed by atoms with Crippen molar-refractivity contribution >= 4 is 21.9 Å². The van der Waals surface area contributed by atoms with Gasteiger partial charge in [0.05, 0.1) is 11.1 Å². The number of carbonyl (C=O) groups excluding carboxylic acids is 1. The van der Waals surface area contributed by atoms with E-state index >= 15 is 0 Å². The number of halogens is 3. The lowest BCUT2D eigenvalue weighted by atomic mass is 10.1. The SMILES string of the molecule is CCOC(=O)C(O)c1cc(F)cc(F)c1Br. The molecular formula is C10H9BrF2O3. The van der Waals surface area contributed by atoms with Crippen molar-refractivity contribution in [2.45, 2.75) is 13.0 Å². The van der Waals surface area contributed by atoms with Crippen LogP contribution < -0.4 is 0 Å². The summed E-state index contributed by atoms with van der Waals surface area (Å²) >= 11 is 2.82. The lowest BCUT2D eigenvalue weighted by Gasteiger charge is -2.12. The van der Waals surface area contributed by atoms with Crippen LogP contribution in [0, 0.1) is 11.6 Å². The number of benzene rings is 1. The molecule has 0 aliphatic rings. The van der Waals surface area contributed by atoms with Gasteiger partial charge in [-0.2, -0.15) is 0 Å². The first-order valence-corrected chi connectivity index (χ1v) is 5.25. The molecule has 0 radical (unpaired) electrons. The van der Waals surface area contributed by atoms with Crippen LogP contribution in [-0.2, 0) is 9.53 Å². The highest BCUT2D eigenvalue weighted by molar-refractivity contribution is 9.10. The molecule has 1 aromatic carbocycles. The Bertz CT molecular complexity index is 409. The second-order valence-electron chi connectivity index (χ2n) is 2.95. The molecule has 0 fully saturated rings. The highest BCUT2D eigenvalue weighted by Gasteiger charge is 2.23. The van der Waals surface area contributed by atoms with E-state index in [0.29, 0.717) is 6.07 Å². The van der Waals surface area contributed by atoms with Crippen LogP contribution in [0.25, 0.3) is 0 Å². The van der Waals surface area contributed by atoms with Crippen molar-refractivity contribution in [1.29, 1.82) is 0 Å². The summed E-state index contributed by atoms with van der Waals surface area (Å²) in [5.74, 6) is -2.72. The second kappa shape index (κ2) is 5.36. The van der Waals surface area contributed by atoms with Gasteiger partial charge in [0, 0.05) is 11.6 Å². The number of hydrogen-bond donors (Lipinski definition) is 1. The Morgan fingerprint density at radius 3 is 2.75 bits per heavy atom. The lowest BCUT2D eigenvalue weighted by molar-refractivity contribution is -0.153. The molecule has 1 aromatic rings. The Kier molecular flexibility index (Phi) is 4.37. The highest BCUT2D eigenvalue weighted by atomic mass is 79.9. The fraction of sp³-hybridized carbons (Fsp3) is 0.300. The Balaban J connectivity index is 3.08. The zero-order valence-electron chi connectivity index (χ0n) is 8.34. The van der Waals surface area contributed by atoms with Gasteiger partial charge in [0.25, 0.3) is 0 Å². The molecule has 1 atom stereocenters. The molecule has 0 aliphatic heterocycles. The van der Waals surface area contributed by atoms with E-state index in [9.17, 15) is 18.7 Å². The first kappa shape index (κ1) is 13.1. The van der Waals surface area contributed by atoms with Gasteiger partial charge in [0.2, 0.25) is 0 Å². The summed E-state index contributed by atoms with van der Waals surface area (Å²) in [5.41, 5.74) is -0.198. The van der Waals surface area contributed by atoms with E-state index in [-0.39, 0.29) is 16.6 Å². The van der Waals surface area contributed by atoms with Crippen LogP contribution in [0.4, 0.5) is 8.78 Å². The number of rotatable bonds is 3. The van der Waals surface area contributed by atoms with Crippen LogP contribution in [0.5, 0.6) is 0 Å². The lowest BCUT2D eigenvalue weighted by Crippen LogP contribution is -2.16. The first-order chi connectivity index (χ1) is 7.47. The molecule has 0 saturated heterocycles. The molecule has 16 heavy (non-hydrogen) atoms. The minimum absolute atomic E-state index is 0.0747. The molecule has 0 aromatic heterocycles. The maximum Gasteiger partial charge on any atom is 0.339 e. The third-order valence-corrected chi connectivity index (χ3v) is 2.66. The molecule has 3 nitrogen and oxygen atoms in total. The summed E-state index contributed by atoms with van der Waals surface area (Å²) in [6, 6.07) is 1.51. The van der Waals surface area contributed by atoms with Crippen molar-refractivity contribution in [1.82, 2.24) is 0 Å². The highest BCUT2D eigenvalue weighted by Crippen LogP contribution is 2.28.